The van der Waals surface area contributed by atoms with Crippen LogP contribution in [0.15, 0.2) is 18.2 Å². The quantitative estimate of drug-likeness (QED) is 0.825. The van der Waals surface area contributed by atoms with Gasteiger partial charge >= 0.3 is 0 Å². The van der Waals surface area contributed by atoms with Crippen LogP contribution in [0.3, 0.4) is 0 Å². The van der Waals surface area contributed by atoms with E-state index < -0.39 is 0 Å². The molecule has 2 rings (SSSR count). The number of nitrogens with one attached hydrogen (secondary N) is 1. The Morgan fingerprint density at radius 1 is 1.43 bits per heavy atom. The number of aryl methyl sites for hydroxylation is 1. The number of benzene rings is 1. The van der Waals surface area contributed by atoms with E-state index in [2.05, 4.69) is 31.1 Å². The number of aromatic nitrogens is 1. The molecule has 1 N–H and O–H groups in total. The molecule has 0 amide bonds. The van der Waals surface area contributed by atoms with Crippen LogP contribution in [-0.4, -0.2) is 18.6 Å². The number of thiazole rings is 1. The number of methoxy groups -OCH3 is 1. The van der Waals surface area contributed by atoms with Crippen molar-refractivity contribution in [1.29, 1.82) is 0 Å². The van der Waals surface area contributed by atoms with E-state index in [4.69, 9.17) is 16.3 Å². The van der Waals surface area contributed by atoms with Gasteiger partial charge in [0, 0.05) is 16.5 Å². The first-order valence-electron chi connectivity index (χ1n) is 7.11. The third-order valence-electron chi connectivity index (χ3n) is 3.33. The molecule has 21 heavy (non-hydrogen) atoms. The largest absolute Gasteiger partial charge is 0.495 e. The van der Waals surface area contributed by atoms with E-state index in [1.54, 1.807) is 18.4 Å². The Balaban J connectivity index is 2.27. The van der Waals surface area contributed by atoms with Crippen LogP contribution < -0.4 is 10.1 Å². The number of ether oxygens (including phenoxy) is 1. The lowest BCUT2D eigenvalue weighted by Gasteiger charge is -2.11. The number of hydrogen-bond acceptors (Lipinski definition) is 4. The van der Waals surface area contributed by atoms with E-state index in [1.807, 2.05) is 18.2 Å². The molecule has 0 spiro atoms. The molecule has 2 aromatic rings. The monoisotopic (exact) mass is 324 g/mol. The van der Waals surface area contributed by atoms with Crippen LogP contribution in [0.5, 0.6) is 5.75 Å². The molecular weight excluding hydrogens is 304 g/mol. The SMILES string of the molecule is CCCNC(C)c1sc(-c2ccc(OC)c(Cl)c2)nc1C. The van der Waals surface area contributed by atoms with Crippen LogP contribution in [0.25, 0.3) is 10.6 Å². The standard InChI is InChI=1S/C16H21ClN2OS/c1-5-8-18-10(2)15-11(3)19-16(21-15)12-6-7-14(20-4)13(17)9-12/h6-7,9-10,18H,5,8H2,1-4H3. The zero-order valence-corrected chi connectivity index (χ0v) is 14.4. The summed E-state index contributed by atoms with van der Waals surface area (Å²) in [6.45, 7) is 7.43. The normalized spacial score (nSPS) is 12.4. The topological polar surface area (TPSA) is 34.1 Å². The number of nitrogens with zero attached hydrogens (tertiary/aromatic N) is 1. The molecule has 0 aliphatic heterocycles. The van der Waals surface area contributed by atoms with Crippen molar-refractivity contribution in [3.8, 4) is 16.3 Å². The molecule has 0 saturated heterocycles. The lowest BCUT2D eigenvalue weighted by molar-refractivity contribution is 0.415. The third-order valence-corrected chi connectivity index (χ3v) is 5.01. The van der Waals surface area contributed by atoms with Crippen molar-refractivity contribution in [2.75, 3.05) is 13.7 Å². The third kappa shape index (κ3) is 3.76. The Bertz CT molecular complexity index is 612. The molecule has 1 aromatic heterocycles. The summed E-state index contributed by atoms with van der Waals surface area (Å²) in [4.78, 5) is 5.97. The van der Waals surface area contributed by atoms with E-state index in [0.29, 0.717) is 16.8 Å². The van der Waals surface area contributed by atoms with Crippen molar-refractivity contribution in [3.63, 3.8) is 0 Å². The molecule has 1 atom stereocenters. The van der Waals surface area contributed by atoms with Crippen molar-refractivity contribution >= 4 is 22.9 Å². The highest BCUT2D eigenvalue weighted by atomic mass is 35.5. The van der Waals surface area contributed by atoms with Crippen molar-refractivity contribution in [1.82, 2.24) is 10.3 Å². The molecule has 0 bridgehead atoms. The molecule has 1 unspecified atom stereocenters. The zero-order valence-electron chi connectivity index (χ0n) is 12.9. The summed E-state index contributed by atoms with van der Waals surface area (Å²) < 4.78 is 5.19. The van der Waals surface area contributed by atoms with Gasteiger partial charge in [-0.15, -0.1) is 11.3 Å². The van der Waals surface area contributed by atoms with Gasteiger partial charge in [0.1, 0.15) is 10.8 Å². The first kappa shape index (κ1) is 16.3. The summed E-state index contributed by atoms with van der Waals surface area (Å²) in [6.07, 6.45) is 1.13. The fraction of sp³-hybridized carbons (Fsp3) is 0.438. The molecular formula is C16H21ClN2OS. The average molecular weight is 325 g/mol. The lowest BCUT2D eigenvalue weighted by atomic mass is 10.2. The Kier molecular flexibility index (Phi) is 5.62. The van der Waals surface area contributed by atoms with Gasteiger partial charge < -0.3 is 10.1 Å². The summed E-state index contributed by atoms with van der Waals surface area (Å²) in [6, 6.07) is 6.11. The minimum absolute atomic E-state index is 0.324. The molecule has 0 aliphatic rings. The molecule has 3 nitrogen and oxygen atoms in total. The van der Waals surface area contributed by atoms with Crippen LogP contribution in [0.4, 0.5) is 0 Å². The van der Waals surface area contributed by atoms with Crippen molar-refractivity contribution in [2.45, 2.75) is 33.2 Å². The minimum Gasteiger partial charge on any atom is -0.495 e. The van der Waals surface area contributed by atoms with Crippen molar-refractivity contribution in [2.24, 2.45) is 0 Å². The van der Waals surface area contributed by atoms with E-state index in [-0.39, 0.29) is 0 Å². The van der Waals surface area contributed by atoms with E-state index in [9.17, 15) is 0 Å². The van der Waals surface area contributed by atoms with Gasteiger partial charge in [-0.3, -0.25) is 0 Å². The van der Waals surface area contributed by atoms with Gasteiger partial charge in [0.05, 0.1) is 17.8 Å². The van der Waals surface area contributed by atoms with Gasteiger partial charge in [-0.05, 0) is 45.0 Å². The Morgan fingerprint density at radius 2 is 2.19 bits per heavy atom. The molecule has 5 heteroatoms. The first-order chi connectivity index (χ1) is 10.1. The van der Waals surface area contributed by atoms with Crippen molar-refractivity contribution < 1.29 is 4.74 Å². The highest BCUT2D eigenvalue weighted by Gasteiger charge is 2.15. The second-order valence-corrected chi connectivity index (χ2v) is 6.43. The summed E-state index contributed by atoms with van der Waals surface area (Å²) in [7, 11) is 1.62. The molecule has 1 aromatic carbocycles. The van der Waals surface area contributed by atoms with E-state index >= 15 is 0 Å². The summed E-state index contributed by atoms with van der Waals surface area (Å²) in [5, 5.41) is 5.12. The maximum Gasteiger partial charge on any atom is 0.137 e. The molecule has 0 aliphatic carbocycles. The van der Waals surface area contributed by atoms with Crippen LogP contribution in [-0.2, 0) is 0 Å². The van der Waals surface area contributed by atoms with Gasteiger partial charge in [0.15, 0.2) is 0 Å². The summed E-state index contributed by atoms with van der Waals surface area (Å²) in [5.41, 5.74) is 2.11. The Hall–Kier alpha value is -1.10. The van der Waals surface area contributed by atoms with Gasteiger partial charge in [-0.25, -0.2) is 4.98 Å². The zero-order chi connectivity index (χ0) is 15.4. The smallest absolute Gasteiger partial charge is 0.137 e. The summed E-state index contributed by atoms with van der Waals surface area (Å²) >= 11 is 7.92. The lowest BCUT2D eigenvalue weighted by Crippen LogP contribution is -2.18. The molecule has 114 valence electrons. The van der Waals surface area contributed by atoms with Crippen LogP contribution >= 0.6 is 22.9 Å². The highest BCUT2D eigenvalue weighted by Crippen LogP contribution is 2.35. The van der Waals surface area contributed by atoms with Crippen LogP contribution in [0.2, 0.25) is 5.02 Å². The average Bonchev–Trinajstić information content (AvgIpc) is 2.86. The predicted molar refractivity (Wildman–Crippen MR) is 90.6 cm³/mol. The molecule has 0 radical (unpaired) electrons. The maximum atomic E-state index is 6.20. The van der Waals surface area contributed by atoms with Crippen LogP contribution in [0.1, 0.15) is 36.9 Å². The second kappa shape index (κ2) is 7.25. The maximum absolute atomic E-state index is 6.20. The van der Waals surface area contributed by atoms with Gasteiger partial charge in [0.2, 0.25) is 0 Å². The van der Waals surface area contributed by atoms with Gasteiger partial charge in [0.25, 0.3) is 0 Å². The first-order valence-corrected chi connectivity index (χ1v) is 8.30. The number of hydrogen-bond donors (Lipinski definition) is 1. The second-order valence-electron chi connectivity index (χ2n) is 4.99. The number of halogens is 1. The van der Waals surface area contributed by atoms with Gasteiger partial charge in [-0.2, -0.15) is 0 Å². The molecule has 0 saturated carbocycles. The van der Waals surface area contributed by atoms with Crippen molar-refractivity contribution in [3.05, 3.63) is 33.8 Å². The number of rotatable bonds is 6. The van der Waals surface area contributed by atoms with Gasteiger partial charge in [-0.1, -0.05) is 18.5 Å². The van der Waals surface area contributed by atoms with Crippen LogP contribution in [0, 0.1) is 6.92 Å². The molecule has 0 fully saturated rings. The fourth-order valence-corrected chi connectivity index (χ4v) is 3.53. The minimum atomic E-state index is 0.324. The predicted octanol–water partition coefficient (Wildman–Crippen LogP) is 4.84. The Labute approximate surface area is 135 Å². The summed E-state index contributed by atoms with van der Waals surface area (Å²) in [5.74, 6) is 0.687. The fourth-order valence-electron chi connectivity index (χ4n) is 2.19. The highest BCUT2D eigenvalue weighted by molar-refractivity contribution is 7.15. The van der Waals surface area contributed by atoms with E-state index in [0.717, 1.165) is 29.2 Å². The molecule has 1 heterocycles. The van der Waals surface area contributed by atoms with E-state index in [1.165, 1.54) is 4.88 Å². The Morgan fingerprint density at radius 3 is 2.81 bits per heavy atom.